The van der Waals surface area contributed by atoms with Gasteiger partial charge < -0.3 is 9.52 Å². The molecular formula is C23H22O3S. The van der Waals surface area contributed by atoms with E-state index in [0.29, 0.717) is 17.6 Å². The van der Waals surface area contributed by atoms with Gasteiger partial charge in [-0.05, 0) is 41.9 Å². The number of rotatable bonds is 5. The van der Waals surface area contributed by atoms with Crippen molar-refractivity contribution in [3.05, 3.63) is 76.1 Å². The first-order chi connectivity index (χ1) is 13.0. The van der Waals surface area contributed by atoms with E-state index < -0.39 is 5.63 Å². The molecule has 3 aromatic rings. The Morgan fingerprint density at radius 3 is 2.44 bits per heavy atom. The Kier molecular flexibility index (Phi) is 4.83. The lowest BCUT2D eigenvalue weighted by atomic mass is 10.0. The third-order valence-corrected chi connectivity index (χ3v) is 6.03. The van der Waals surface area contributed by atoms with Crippen molar-refractivity contribution in [3.8, 4) is 17.1 Å². The van der Waals surface area contributed by atoms with Gasteiger partial charge in [-0.15, -0.1) is 0 Å². The van der Waals surface area contributed by atoms with Gasteiger partial charge in [-0.3, -0.25) is 0 Å². The van der Waals surface area contributed by atoms with Crippen molar-refractivity contribution in [3.63, 3.8) is 0 Å². The minimum Gasteiger partial charge on any atom is -0.506 e. The first kappa shape index (κ1) is 17.9. The quantitative estimate of drug-likeness (QED) is 0.577. The van der Waals surface area contributed by atoms with Gasteiger partial charge in [0.25, 0.3) is 0 Å². The summed E-state index contributed by atoms with van der Waals surface area (Å²) in [7, 11) is 0. The van der Waals surface area contributed by atoms with Crippen LogP contribution in [0.1, 0.15) is 49.7 Å². The molecule has 3 nitrogen and oxygen atoms in total. The fourth-order valence-corrected chi connectivity index (χ4v) is 4.20. The van der Waals surface area contributed by atoms with E-state index in [1.54, 1.807) is 0 Å². The van der Waals surface area contributed by atoms with Crippen molar-refractivity contribution < 1.29 is 9.52 Å². The molecule has 0 bridgehead atoms. The lowest BCUT2D eigenvalue weighted by molar-refractivity contribution is 0.430. The highest BCUT2D eigenvalue weighted by Crippen LogP contribution is 2.47. The molecule has 0 aliphatic heterocycles. The summed E-state index contributed by atoms with van der Waals surface area (Å²) >= 11 is 1.32. The topological polar surface area (TPSA) is 50.4 Å². The zero-order chi connectivity index (χ0) is 19.0. The Morgan fingerprint density at radius 1 is 1.07 bits per heavy atom. The Labute approximate surface area is 163 Å². The maximum atomic E-state index is 12.6. The van der Waals surface area contributed by atoms with Crippen molar-refractivity contribution >= 4 is 11.8 Å². The van der Waals surface area contributed by atoms with Crippen LogP contribution in [0, 0.1) is 0 Å². The molecule has 1 saturated carbocycles. The molecular weight excluding hydrogens is 356 g/mol. The summed E-state index contributed by atoms with van der Waals surface area (Å²) in [5.74, 6) is 1.31. The van der Waals surface area contributed by atoms with Gasteiger partial charge in [-0.2, -0.15) is 0 Å². The second kappa shape index (κ2) is 7.28. The Hall–Kier alpha value is -2.46. The summed E-state index contributed by atoms with van der Waals surface area (Å²) in [5.41, 5.74) is 2.75. The third kappa shape index (κ3) is 3.81. The van der Waals surface area contributed by atoms with Crippen molar-refractivity contribution in [1.82, 2.24) is 0 Å². The lowest BCUT2D eigenvalue weighted by Gasteiger charge is -2.13. The highest BCUT2D eigenvalue weighted by molar-refractivity contribution is 7.99. The van der Waals surface area contributed by atoms with Crippen LogP contribution in [-0.2, 0) is 0 Å². The SMILES string of the molecule is CC(C)c1ccc(C2CC2)c(Sc2c(O)cc(-c3ccccc3)oc2=O)c1. The smallest absolute Gasteiger partial charge is 0.354 e. The van der Waals surface area contributed by atoms with Gasteiger partial charge in [0.1, 0.15) is 16.4 Å². The van der Waals surface area contributed by atoms with Gasteiger partial charge in [-0.1, -0.05) is 68.1 Å². The molecule has 1 aliphatic carbocycles. The van der Waals surface area contributed by atoms with E-state index in [1.807, 2.05) is 30.3 Å². The minimum absolute atomic E-state index is 0.0354. The van der Waals surface area contributed by atoms with Crippen LogP contribution >= 0.6 is 11.8 Å². The van der Waals surface area contributed by atoms with Crippen molar-refractivity contribution in [2.75, 3.05) is 0 Å². The highest BCUT2D eigenvalue weighted by atomic mass is 32.2. The number of hydrogen-bond donors (Lipinski definition) is 1. The molecule has 0 atom stereocenters. The van der Waals surface area contributed by atoms with Crippen LogP contribution < -0.4 is 5.63 Å². The molecule has 0 saturated heterocycles. The zero-order valence-corrected chi connectivity index (χ0v) is 16.3. The highest BCUT2D eigenvalue weighted by Gasteiger charge is 2.27. The standard InChI is InChI=1S/C23H22O3S/c1-14(2)17-10-11-18(15-8-9-15)21(12-17)27-22-19(24)13-20(26-23(22)25)16-6-4-3-5-7-16/h3-7,10-15,24H,8-9H2,1-2H3. The number of aromatic hydroxyl groups is 1. The van der Waals surface area contributed by atoms with E-state index in [1.165, 1.54) is 41.8 Å². The fraction of sp³-hybridized carbons (Fsp3) is 0.261. The van der Waals surface area contributed by atoms with Crippen LogP contribution in [0.25, 0.3) is 11.3 Å². The van der Waals surface area contributed by atoms with E-state index in [0.717, 1.165) is 10.5 Å². The van der Waals surface area contributed by atoms with Gasteiger partial charge in [0, 0.05) is 16.5 Å². The van der Waals surface area contributed by atoms with Crippen LogP contribution in [0.2, 0.25) is 0 Å². The van der Waals surface area contributed by atoms with Crippen LogP contribution in [0.5, 0.6) is 5.75 Å². The Morgan fingerprint density at radius 2 is 1.81 bits per heavy atom. The van der Waals surface area contributed by atoms with Gasteiger partial charge in [0.2, 0.25) is 0 Å². The molecule has 1 aliphatic rings. The molecule has 27 heavy (non-hydrogen) atoms. The van der Waals surface area contributed by atoms with Crippen molar-refractivity contribution in [2.24, 2.45) is 0 Å². The van der Waals surface area contributed by atoms with E-state index in [2.05, 4.69) is 32.0 Å². The molecule has 4 heteroatoms. The lowest BCUT2D eigenvalue weighted by Crippen LogP contribution is -2.03. The molecule has 1 aromatic heterocycles. The van der Waals surface area contributed by atoms with Crippen LogP contribution in [-0.4, -0.2) is 5.11 Å². The fourth-order valence-electron chi connectivity index (χ4n) is 3.15. The number of benzene rings is 2. The molecule has 1 heterocycles. The number of hydrogen-bond acceptors (Lipinski definition) is 4. The predicted octanol–water partition coefficient (Wildman–Crippen LogP) is 6.16. The second-order valence-corrected chi connectivity index (χ2v) is 8.36. The van der Waals surface area contributed by atoms with Gasteiger partial charge in [0.05, 0.1) is 0 Å². The Balaban J connectivity index is 1.73. The summed E-state index contributed by atoms with van der Waals surface area (Å²) in [6.07, 6.45) is 2.37. The first-order valence-corrected chi connectivity index (χ1v) is 10.1. The molecule has 0 spiro atoms. The largest absolute Gasteiger partial charge is 0.506 e. The van der Waals surface area contributed by atoms with E-state index in [-0.39, 0.29) is 10.6 Å². The molecule has 1 N–H and O–H groups in total. The summed E-state index contributed by atoms with van der Waals surface area (Å²) < 4.78 is 5.50. The average Bonchev–Trinajstić information content (AvgIpc) is 3.50. The Bertz CT molecular complexity index is 1020. The minimum atomic E-state index is -0.504. The zero-order valence-electron chi connectivity index (χ0n) is 15.4. The summed E-state index contributed by atoms with van der Waals surface area (Å²) in [4.78, 5) is 13.9. The summed E-state index contributed by atoms with van der Waals surface area (Å²) in [5, 5.41) is 10.5. The van der Waals surface area contributed by atoms with Gasteiger partial charge >= 0.3 is 5.63 Å². The van der Waals surface area contributed by atoms with Crippen LogP contribution in [0.4, 0.5) is 0 Å². The van der Waals surface area contributed by atoms with Gasteiger partial charge in [0.15, 0.2) is 0 Å². The molecule has 1 fully saturated rings. The van der Waals surface area contributed by atoms with E-state index >= 15 is 0 Å². The summed E-state index contributed by atoms with van der Waals surface area (Å²) in [6, 6.07) is 17.4. The third-order valence-electron chi connectivity index (χ3n) is 4.88. The normalized spacial score (nSPS) is 13.9. The van der Waals surface area contributed by atoms with Gasteiger partial charge in [-0.25, -0.2) is 4.79 Å². The van der Waals surface area contributed by atoms with Crippen LogP contribution in [0.15, 0.2) is 73.6 Å². The van der Waals surface area contributed by atoms with Crippen molar-refractivity contribution in [2.45, 2.75) is 48.3 Å². The van der Waals surface area contributed by atoms with Crippen molar-refractivity contribution in [1.29, 1.82) is 0 Å². The first-order valence-electron chi connectivity index (χ1n) is 9.27. The molecule has 4 rings (SSSR count). The predicted molar refractivity (Wildman–Crippen MR) is 109 cm³/mol. The molecule has 0 radical (unpaired) electrons. The second-order valence-electron chi connectivity index (χ2n) is 7.31. The van der Waals surface area contributed by atoms with E-state index in [9.17, 15) is 9.90 Å². The van der Waals surface area contributed by atoms with E-state index in [4.69, 9.17) is 4.42 Å². The maximum Gasteiger partial charge on any atom is 0.354 e. The maximum absolute atomic E-state index is 12.6. The average molecular weight is 378 g/mol. The molecule has 138 valence electrons. The molecule has 0 unspecified atom stereocenters. The summed E-state index contributed by atoms with van der Waals surface area (Å²) in [6.45, 7) is 4.31. The molecule has 2 aromatic carbocycles. The monoisotopic (exact) mass is 378 g/mol. The molecule has 0 amide bonds. The van der Waals surface area contributed by atoms with Crippen LogP contribution in [0.3, 0.4) is 0 Å².